The van der Waals surface area contributed by atoms with Crippen LogP contribution in [0.2, 0.25) is 0 Å². The van der Waals surface area contributed by atoms with Crippen molar-refractivity contribution in [1.82, 2.24) is 10.3 Å². The van der Waals surface area contributed by atoms with E-state index in [4.69, 9.17) is 25.0 Å². The Morgan fingerprint density at radius 3 is 2.52 bits per heavy atom. The average molecular weight is 472 g/mol. The van der Waals surface area contributed by atoms with Gasteiger partial charge in [-0.05, 0) is 0 Å². The number of hydrogen-bond donors (Lipinski definition) is 1. The number of halogens is 4. The zero-order valence-corrected chi connectivity index (χ0v) is 18.0. The molecular formula is C21H15BF4N5OS. The number of nitrogens with zero attached hydrogens (tertiary/aromatic N) is 4. The van der Waals surface area contributed by atoms with Crippen LogP contribution in [0.1, 0.15) is 40.9 Å². The summed E-state index contributed by atoms with van der Waals surface area (Å²) in [6, 6.07) is 6.17. The second-order valence-corrected chi connectivity index (χ2v) is 8.03. The third-order valence-electron chi connectivity index (χ3n) is 5.93. The van der Waals surface area contributed by atoms with Crippen molar-refractivity contribution >= 4 is 47.7 Å². The number of alkyl halides is 3. The number of hydrogen-bond acceptors (Lipinski definition) is 4. The summed E-state index contributed by atoms with van der Waals surface area (Å²) in [5, 5.41) is 11.4. The van der Waals surface area contributed by atoms with Gasteiger partial charge in [0.15, 0.2) is 0 Å². The van der Waals surface area contributed by atoms with Gasteiger partial charge < -0.3 is 0 Å². The maximum absolute atomic E-state index is 14.7. The SMILES string of the molecule is [B]=C1N(c2cnc(C#N)c(C(F)(F)F)c2)C(=S)N(c2ccc(C(=O)NC)c(F)c2)C12CCC2. The number of thiocarbonyl (C=S) groups is 1. The van der Waals surface area contributed by atoms with Crippen LogP contribution >= 0.6 is 12.2 Å². The topological polar surface area (TPSA) is 72.3 Å². The zero-order valence-electron chi connectivity index (χ0n) is 17.2. The first-order valence-electron chi connectivity index (χ1n) is 9.81. The third kappa shape index (κ3) is 3.47. The summed E-state index contributed by atoms with van der Waals surface area (Å²) in [5.41, 5.74) is -2.53. The second-order valence-electron chi connectivity index (χ2n) is 7.67. The number of rotatable bonds is 3. The Labute approximate surface area is 192 Å². The van der Waals surface area contributed by atoms with Gasteiger partial charge in [0, 0.05) is 0 Å². The van der Waals surface area contributed by atoms with E-state index in [1.165, 1.54) is 30.1 Å². The molecule has 0 unspecified atom stereocenters. The molecule has 1 amide bonds. The first-order valence-corrected chi connectivity index (χ1v) is 10.2. The van der Waals surface area contributed by atoms with Crippen LogP contribution in [-0.2, 0) is 6.18 Å². The van der Waals surface area contributed by atoms with Crippen molar-refractivity contribution in [2.75, 3.05) is 16.8 Å². The monoisotopic (exact) mass is 472 g/mol. The van der Waals surface area contributed by atoms with Gasteiger partial charge in [-0.1, -0.05) is 0 Å². The fourth-order valence-corrected chi connectivity index (χ4v) is 4.63. The van der Waals surface area contributed by atoms with Crippen molar-refractivity contribution in [1.29, 1.82) is 5.26 Å². The molecule has 2 fully saturated rings. The van der Waals surface area contributed by atoms with E-state index >= 15 is 0 Å². The minimum atomic E-state index is -4.81. The summed E-state index contributed by atoms with van der Waals surface area (Å²) in [4.78, 5) is 18.3. The van der Waals surface area contributed by atoms with Crippen LogP contribution < -0.4 is 15.1 Å². The molecule has 12 heteroatoms. The van der Waals surface area contributed by atoms with Gasteiger partial charge in [0.2, 0.25) is 0 Å². The molecule has 1 radical (unpaired) electrons. The molecule has 0 atom stereocenters. The van der Waals surface area contributed by atoms with E-state index in [0.29, 0.717) is 18.5 Å². The van der Waals surface area contributed by atoms with E-state index in [9.17, 15) is 22.4 Å². The zero-order chi connectivity index (χ0) is 24.1. The molecule has 1 saturated heterocycles. The normalized spacial score (nSPS) is 17.2. The summed E-state index contributed by atoms with van der Waals surface area (Å²) in [5.74, 6) is -1.38. The Hall–Kier alpha value is -3.33. The van der Waals surface area contributed by atoms with Gasteiger partial charge >= 0.3 is 193 Å². The van der Waals surface area contributed by atoms with Crippen LogP contribution in [0, 0.1) is 17.1 Å². The van der Waals surface area contributed by atoms with Crippen molar-refractivity contribution in [3.8, 4) is 6.07 Å². The van der Waals surface area contributed by atoms with Gasteiger partial charge in [-0.2, -0.15) is 0 Å². The van der Waals surface area contributed by atoms with E-state index in [1.807, 2.05) is 0 Å². The number of anilines is 2. The molecule has 4 rings (SSSR count). The Bertz CT molecular complexity index is 1240. The molecular weight excluding hydrogens is 457 g/mol. The van der Waals surface area contributed by atoms with Crippen LogP contribution in [-0.4, -0.2) is 41.7 Å². The second kappa shape index (κ2) is 7.92. The standard InChI is InChI=1S/C21H15BF4N5OS/c1-28-17(32)13-4-3-11(8-15(13)23)31-19(33)30(18(22)20(31)5-2-6-20)12-7-14(21(24,25)26)16(9-27)29-10-12/h3-4,7-8,10H,2,5-6H2,1H3,(H,28,32). The molecule has 1 N–H and O–H groups in total. The Morgan fingerprint density at radius 1 is 1.30 bits per heavy atom. The molecule has 1 saturated carbocycles. The number of nitrogens with one attached hydrogen (secondary N) is 1. The van der Waals surface area contributed by atoms with Crippen LogP contribution in [0.25, 0.3) is 0 Å². The predicted molar refractivity (Wildman–Crippen MR) is 119 cm³/mol. The van der Waals surface area contributed by atoms with Gasteiger partial charge in [0.25, 0.3) is 0 Å². The van der Waals surface area contributed by atoms with Crippen LogP contribution in [0.15, 0.2) is 30.5 Å². The van der Waals surface area contributed by atoms with Gasteiger partial charge in [-0.25, -0.2) is 0 Å². The first-order chi connectivity index (χ1) is 15.5. The molecule has 1 aromatic carbocycles. The predicted octanol–water partition coefficient (Wildman–Crippen LogP) is 3.30. The summed E-state index contributed by atoms with van der Waals surface area (Å²) in [7, 11) is 7.80. The molecule has 167 valence electrons. The molecule has 0 bridgehead atoms. The number of nitriles is 1. The summed E-state index contributed by atoms with van der Waals surface area (Å²) in [6.07, 6.45) is -1.84. The van der Waals surface area contributed by atoms with E-state index in [2.05, 4.69) is 10.3 Å². The number of benzene rings is 1. The Morgan fingerprint density at radius 2 is 2.00 bits per heavy atom. The van der Waals surface area contributed by atoms with Crippen LogP contribution in [0.4, 0.5) is 28.9 Å². The minimum absolute atomic E-state index is 0.0407. The van der Waals surface area contributed by atoms with Gasteiger partial charge in [0.1, 0.15) is 0 Å². The molecule has 33 heavy (non-hydrogen) atoms. The van der Waals surface area contributed by atoms with Crippen molar-refractivity contribution in [2.45, 2.75) is 31.0 Å². The number of pyridine rings is 1. The van der Waals surface area contributed by atoms with Crippen molar-refractivity contribution in [3.63, 3.8) is 0 Å². The fraction of sp³-hybridized carbons (Fsp3) is 0.286. The van der Waals surface area contributed by atoms with Crippen molar-refractivity contribution in [3.05, 3.63) is 53.1 Å². The van der Waals surface area contributed by atoms with Gasteiger partial charge in [0.05, 0.1) is 0 Å². The number of amides is 1. The third-order valence-corrected chi connectivity index (χ3v) is 6.30. The quantitative estimate of drug-likeness (QED) is 0.420. The molecule has 6 nitrogen and oxygen atoms in total. The summed E-state index contributed by atoms with van der Waals surface area (Å²) < 4.78 is 55.1. The van der Waals surface area contributed by atoms with E-state index in [0.717, 1.165) is 24.8 Å². The molecule has 1 aliphatic heterocycles. The maximum atomic E-state index is 14.7. The summed E-state index contributed by atoms with van der Waals surface area (Å²) in [6.45, 7) is 0. The van der Waals surface area contributed by atoms with Crippen LogP contribution in [0.5, 0.6) is 0 Å². The Balaban J connectivity index is 1.80. The van der Waals surface area contributed by atoms with Gasteiger partial charge in [-0.3, -0.25) is 0 Å². The first kappa shape index (κ1) is 22.9. The number of carbonyl (C=O) groups excluding carboxylic acids is 1. The molecule has 2 aromatic rings. The Kier molecular flexibility index (Phi) is 5.48. The molecule has 1 spiro atoms. The van der Waals surface area contributed by atoms with Gasteiger partial charge in [-0.15, -0.1) is 0 Å². The van der Waals surface area contributed by atoms with E-state index in [1.54, 1.807) is 4.90 Å². The molecule has 2 heterocycles. The summed E-state index contributed by atoms with van der Waals surface area (Å²) >= 11 is 5.58. The van der Waals surface area contributed by atoms with Crippen LogP contribution in [0.3, 0.4) is 0 Å². The molecule has 1 aromatic heterocycles. The average Bonchev–Trinajstić information content (AvgIpc) is 2.98. The van der Waals surface area contributed by atoms with Crippen molar-refractivity contribution in [2.24, 2.45) is 0 Å². The molecule has 2 aliphatic rings. The van der Waals surface area contributed by atoms with Crippen molar-refractivity contribution < 1.29 is 22.4 Å². The van der Waals surface area contributed by atoms with E-state index in [-0.39, 0.29) is 22.0 Å². The number of aromatic nitrogens is 1. The molecule has 1 aliphatic carbocycles. The fourth-order valence-electron chi connectivity index (χ4n) is 4.15. The number of carbonyl (C=O) groups is 1. The van der Waals surface area contributed by atoms with E-state index < -0.39 is 34.7 Å².